The Morgan fingerprint density at radius 3 is 2.77 bits per heavy atom. The Morgan fingerprint density at radius 1 is 1.46 bits per heavy atom. The lowest BCUT2D eigenvalue weighted by Gasteiger charge is -2.11. The summed E-state index contributed by atoms with van der Waals surface area (Å²) < 4.78 is 0.692. The van der Waals surface area contributed by atoms with Crippen molar-refractivity contribution >= 4 is 27.5 Å². The Bertz CT molecular complexity index is 291. The number of hydrogen-bond acceptors (Lipinski definition) is 2. The minimum Gasteiger partial charge on any atom is -0.396 e. The Labute approximate surface area is 90.3 Å². The fourth-order valence-corrected chi connectivity index (χ4v) is 1.77. The van der Waals surface area contributed by atoms with Gasteiger partial charge in [0.15, 0.2) is 0 Å². The van der Waals surface area contributed by atoms with Crippen molar-refractivity contribution in [2.75, 3.05) is 6.61 Å². The Kier molecular flexibility index (Phi) is 4.19. The maximum absolute atomic E-state index is 9.58. The van der Waals surface area contributed by atoms with Gasteiger partial charge in [-0.25, -0.2) is 0 Å². The third-order valence-corrected chi connectivity index (χ3v) is 3.17. The topological polar surface area (TPSA) is 40.5 Å². The van der Waals surface area contributed by atoms with Gasteiger partial charge < -0.3 is 10.2 Å². The van der Waals surface area contributed by atoms with Crippen LogP contribution in [-0.4, -0.2) is 16.8 Å². The standard InChI is InChI=1S/C9H10BrClO2/c10-9-6(8(13)4-5-12)2-1-3-7(9)11/h1-3,8,12-13H,4-5H2. The van der Waals surface area contributed by atoms with Crippen LogP contribution in [0.4, 0.5) is 0 Å². The van der Waals surface area contributed by atoms with E-state index in [9.17, 15) is 5.11 Å². The van der Waals surface area contributed by atoms with Crippen LogP contribution in [0.15, 0.2) is 22.7 Å². The monoisotopic (exact) mass is 264 g/mol. The molecule has 1 rings (SSSR count). The van der Waals surface area contributed by atoms with Crippen LogP contribution in [-0.2, 0) is 0 Å². The smallest absolute Gasteiger partial charge is 0.0823 e. The second kappa shape index (κ2) is 4.96. The minimum absolute atomic E-state index is 0.0415. The van der Waals surface area contributed by atoms with E-state index in [1.54, 1.807) is 18.2 Å². The molecule has 0 spiro atoms. The van der Waals surface area contributed by atoms with Crippen molar-refractivity contribution < 1.29 is 10.2 Å². The number of benzene rings is 1. The van der Waals surface area contributed by atoms with Crippen molar-refractivity contribution in [3.8, 4) is 0 Å². The van der Waals surface area contributed by atoms with E-state index in [-0.39, 0.29) is 6.61 Å². The van der Waals surface area contributed by atoms with Gasteiger partial charge >= 0.3 is 0 Å². The summed E-state index contributed by atoms with van der Waals surface area (Å²) in [6.45, 7) is -0.0415. The number of rotatable bonds is 3. The number of hydrogen-bond donors (Lipinski definition) is 2. The molecule has 4 heteroatoms. The number of halogens is 2. The molecule has 1 aromatic rings. The van der Waals surface area contributed by atoms with Gasteiger partial charge in [-0.3, -0.25) is 0 Å². The zero-order valence-corrected chi connectivity index (χ0v) is 9.22. The summed E-state index contributed by atoms with van der Waals surface area (Å²) in [5, 5.41) is 18.8. The summed E-state index contributed by atoms with van der Waals surface area (Å²) in [4.78, 5) is 0. The van der Waals surface area contributed by atoms with Gasteiger partial charge in [0.1, 0.15) is 0 Å². The molecule has 0 amide bonds. The summed E-state index contributed by atoms with van der Waals surface area (Å²) in [6.07, 6.45) is -0.350. The molecular formula is C9H10BrClO2. The van der Waals surface area contributed by atoms with E-state index in [2.05, 4.69) is 15.9 Å². The van der Waals surface area contributed by atoms with Crippen molar-refractivity contribution in [2.45, 2.75) is 12.5 Å². The predicted octanol–water partition coefficient (Wildman–Crippen LogP) is 2.52. The van der Waals surface area contributed by atoms with E-state index in [1.807, 2.05) is 0 Å². The van der Waals surface area contributed by atoms with Gasteiger partial charge in [-0.15, -0.1) is 0 Å². The number of aliphatic hydroxyl groups excluding tert-OH is 2. The normalized spacial score (nSPS) is 12.9. The molecule has 13 heavy (non-hydrogen) atoms. The van der Waals surface area contributed by atoms with E-state index in [0.717, 1.165) is 0 Å². The van der Waals surface area contributed by atoms with Crippen molar-refractivity contribution in [1.29, 1.82) is 0 Å². The fourth-order valence-electron chi connectivity index (χ4n) is 1.06. The summed E-state index contributed by atoms with van der Waals surface area (Å²) in [6, 6.07) is 5.28. The Morgan fingerprint density at radius 2 is 2.15 bits per heavy atom. The molecule has 0 heterocycles. The Hall–Kier alpha value is -0.0900. The van der Waals surface area contributed by atoms with Crippen LogP contribution in [0.5, 0.6) is 0 Å². The molecule has 0 bridgehead atoms. The summed E-state index contributed by atoms with van der Waals surface area (Å²) in [5.41, 5.74) is 0.710. The van der Waals surface area contributed by atoms with Crippen LogP contribution >= 0.6 is 27.5 Å². The zero-order chi connectivity index (χ0) is 9.84. The average molecular weight is 266 g/mol. The molecule has 2 N–H and O–H groups in total. The van der Waals surface area contributed by atoms with Crippen LogP contribution < -0.4 is 0 Å². The minimum atomic E-state index is -0.668. The predicted molar refractivity (Wildman–Crippen MR) is 55.8 cm³/mol. The quantitative estimate of drug-likeness (QED) is 0.882. The number of aliphatic hydroxyl groups is 2. The van der Waals surface area contributed by atoms with Crippen LogP contribution in [0.2, 0.25) is 5.02 Å². The zero-order valence-electron chi connectivity index (χ0n) is 6.87. The van der Waals surface area contributed by atoms with Gasteiger partial charge in [0.2, 0.25) is 0 Å². The molecular weight excluding hydrogens is 255 g/mol. The highest BCUT2D eigenvalue weighted by molar-refractivity contribution is 9.10. The third-order valence-electron chi connectivity index (χ3n) is 1.74. The highest BCUT2D eigenvalue weighted by Crippen LogP contribution is 2.31. The second-order valence-corrected chi connectivity index (χ2v) is 3.87. The van der Waals surface area contributed by atoms with E-state index >= 15 is 0 Å². The van der Waals surface area contributed by atoms with Gasteiger partial charge in [0.05, 0.1) is 11.1 Å². The van der Waals surface area contributed by atoms with Crippen LogP contribution in [0, 0.1) is 0 Å². The van der Waals surface area contributed by atoms with Crippen LogP contribution in [0.25, 0.3) is 0 Å². The Balaban J connectivity index is 2.93. The first kappa shape index (κ1) is 11.0. The molecule has 1 aromatic carbocycles. The van der Waals surface area contributed by atoms with Gasteiger partial charge in [-0.2, -0.15) is 0 Å². The van der Waals surface area contributed by atoms with E-state index in [1.165, 1.54) is 0 Å². The van der Waals surface area contributed by atoms with Crippen molar-refractivity contribution in [1.82, 2.24) is 0 Å². The highest BCUT2D eigenvalue weighted by atomic mass is 79.9. The molecule has 0 aliphatic heterocycles. The molecule has 72 valence electrons. The maximum atomic E-state index is 9.58. The van der Waals surface area contributed by atoms with E-state index in [4.69, 9.17) is 16.7 Å². The molecule has 0 saturated heterocycles. The van der Waals surface area contributed by atoms with E-state index < -0.39 is 6.10 Å². The first-order valence-corrected chi connectivity index (χ1v) is 5.06. The van der Waals surface area contributed by atoms with Crippen LogP contribution in [0.3, 0.4) is 0 Å². The lowest BCUT2D eigenvalue weighted by molar-refractivity contribution is 0.134. The van der Waals surface area contributed by atoms with E-state index in [0.29, 0.717) is 21.5 Å². The second-order valence-electron chi connectivity index (χ2n) is 2.67. The SMILES string of the molecule is OCCC(O)c1cccc(Cl)c1Br. The molecule has 0 aliphatic carbocycles. The fraction of sp³-hybridized carbons (Fsp3) is 0.333. The molecule has 1 atom stereocenters. The van der Waals surface area contributed by atoms with Crippen molar-refractivity contribution in [3.05, 3.63) is 33.3 Å². The van der Waals surface area contributed by atoms with Crippen LogP contribution in [0.1, 0.15) is 18.1 Å². The molecule has 0 aromatic heterocycles. The van der Waals surface area contributed by atoms with Crippen molar-refractivity contribution in [2.24, 2.45) is 0 Å². The summed E-state index contributed by atoms with van der Waals surface area (Å²) in [7, 11) is 0. The molecule has 0 fully saturated rings. The molecule has 0 radical (unpaired) electrons. The van der Waals surface area contributed by atoms with Gasteiger partial charge in [-0.05, 0) is 27.6 Å². The molecule has 0 saturated carbocycles. The van der Waals surface area contributed by atoms with Gasteiger partial charge in [0, 0.05) is 17.5 Å². The lowest BCUT2D eigenvalue weighted by atomic mass is 10.1. The highest BCUT2D eigenvalue weighted by Gasteiger charge is 2.11. The van der Waals surface area contributed by atoms with Crippen molar-refractivity contribution in [3.63, 3.8) is 0 Å². The third kappa shape index (κ3) is 2.68. The first-order chi connectivity index (χ1) is 6.16. The lowest BCUT2D eigenvalue weighted by Crippen LogP contribution is -2.01. The van der Waals surface area contributed by atoms with Gasteiger partial charge in [0.25, 0.3) is 0 Å². The maximum Gasteiger partial charge on any atom is 0.0823 e. The largest absolute Gasteiger partial charge is 0.396 e. The summed E-state index contributed by atoms with van der Waals surface area (Å²) in [5.74, 6) is 0. The first-order valence-electron chi connectivity index (χ1n) is 3.89. The molecule has 0 aliphatic rings. The average Bonchev–Trinajstić information content (AvgIpc) is 2.10. The molecule has 1 unspecified atom stereocenters. The summed E-state index contributed by atoms with van der Waals surface area (Å²) >= 11 is 9.11. The van der Waals surface area contributed by atoms with Gasteiger partial charge in [-0.1, -0.05) is 23.7 Å². The molecule has 2 nitrogen and oxygen atoms in total.